The predicted molar refractivity (Wildman–Crippen MR) is 98.4 cm³/mol. The van der Waals surface area contributed by atoms with E-state index in [0.717, 1.165) is 0 Å². The first kappa shape index (κ1) is 18.5. The zero-order chi connectivity index (χ0) is 18.7. The number of rotatable bonds is 5. The van der Waals surface area contributed by atoms with Crippen LogP contribution in [0, 0.1) is 6.92 Å². The number of Topliss-reactive ketones (excluding diaryl/α,β-unsaturated/α-hetero) is 1. The number of halogens is 1. The highest BCUT2D eigenvalue weighted by Crippen LogP contribution is 2.39. The molecule has 138 valence electrons. The van der Waals surface area contributed by atoms with Crippen LogP contribution in [0.25, 0.3) is 0 Å². The number of hydrogen-bond donors (Lipinski definition) is 0. The molecule has 0 bridgehead atoms. The molecule has 0 aliphatic carbocycles. The van der Waals surface area contributed by atoms with Gasteiger partial charge in [0.25, 0.3) is 0 Å². The van der Waals surface area contributed by atoms with Gasteiger partial charge in [0.1, 0.15) is 5.82 Å². The fourth-order valence-corrected chi connectivity index (χ4v) is 3.03. The molecule has 0 amide bonds. The lowest BCUT2D eigenvalue weighted by molar-refractivity contribution is 0.101. The number of nitrogens with zero attached hydrogens (tertiary/aromatic N) is 4. The summed E-state index contributed by atoms with van der Waals surface area (Å²) >= 11 is 3.42. The minimum atomic E-state index is -0.0684. The molecule has 2 aromatic rings. The van der Waals surface area contributed by atoms with E-state index in [-0.39, 0.29) is 11.8 Å². The molecule has 0 unspecified atom stereocenters. The molecule has 0 atom stereocenters. The van der Waals surface area contributed by atoms with Crippen molar-refractivity contribution in [3.05, 3.63) is 28.0 Å². The molecule has 1 aromatic heterocycles. The van der Waals surface area contributed by atoms with Crippen LogP contribution in [-0.4, -0.2) is 54.1 Å². The fourth-order valence-electron chi connectivity index (χ4n) is 2.51. The van der Waals surface area contributed by atoms with Crippen molar-refractivity contribution in [1.29, 1.82) is 0 Å². The number of aryl methyl sites for hydroxylation is 1. The minimum absolute atomic E-state index is 0.0684. The van der Waals surface area contributed by atoms with E-state index in [1.807, 2.05) is 4.90 Å². The molecule has 1 fully saturated rings. The quantitative estimate of drug-likeness (QED) is 0.679. The zero-order valence-electron chi connectivity index (χ0n) is 14.8. The Kier molecular flexibility index (Phi) is 5.67. The predicted octanol–water partition coefficient (Wildman–Crippen LogP) is 2.78. The SMILES string of the molecule is COc1cc(C(C)=O)cc(Br)c1Oc1nc(C)nc(N2CCOCC2)n1. The number of anilines is 1. The van der Waals surface area contributed by atoms with E-state index < -0.39 is 0 Å². The van der Waals surface area contributed by atoms with Gasteiger partial charge in [0.2, 0.25) is 5.95 Å². The summed E-state index contributed by atoms with van der Waals surface area (Å²) in [5.74, 6) is 1.84. The monoisotopic (exact) mass is 422 g/mol. The Bertz CT molecular complexity index is 825. The molecule has 1 aliphatic heterocycles. The summed E-state index contributed by atoms with van der Waals surface area (Å²) in [6, 6.07) is 3.46. The molecule has 8 nitrogen and oxygen atoms in total. The molecule has 1 saturated heterocycles. The Hall–Kier alpha value is -2.26. The van der Waals surface area contributed by atoms with Crippen molar-refractivity contribution in [1.82, 2.24) is 15.0 Å². The molecule has 2 heterocycles. The Labute approximate surface area is 159 Å². The van der Waals surface area contributed by atoms with Gasteiger partial charge in [-0.1, -0.05) is 0 Å². The topological polar surface area (TPSA) is 86.7 Å². The van der Waals surface area contributed by atoms with Gasteiger partial charge in [-0.2, -0.15) is 15.0 Å². The van der Waals surface area contributed by atoms with E-state index in [9.17, 15) is 4.79 Å². The number of morpholine rings is 1. The van der Waals surface area contributed by atoms with Crippen LogP contribution in [0.1, 0.15) is 23.1 Å². The first-order valence-corrected chi connectivity index (χ1v) is 8.89. The number of hydrogen-bond acceptors (Lipinski definition) is 8. The molecule has 9 heteroatoms. The van der Waals surface area contributed by atoms with Gasteiger partial charge in [0.15, 0.2) is 17.3 Å². The molecule has 0 spiro atoms. The molecule has 0 N–H and O–H groups in total. The van der Waals surface area contributed by atoms with Crippen LogP contribution in [0.4, 0.5) is 5.95 Å². The Morgan fingerprint density at radius 2 is 1.96 bits per heavy atom. The highest BCUT2D eigenvalue weighted by molar-refractivity contribution is 9.10. The standard InChI is InChI=1S/C17H19BrN4O4/c1-10(23)12-8-13(18)15(14(9-12)24-3)26-17-20-11(2)19-16(21-17)22-4-6-25-7-5-22/h8-9H,4-7H2,1-3H3. The van der Waals surface area contributed by atoms with Crippen molar-refractivity contribution < 1.29 is 19.0 Å². The molecular formula is C17H19BrN4O4. The summed E-state index contributed by atoms with van der Waals surface area (Å²) in [6.45, 7) is 5.96. The molecule has 1 aliphatic rings. The summed E-state index contributed by atoms with van der Waals surface area (Å²) < 4.78 is 17.2. The van der Waals surface area contributed by atoms with Crippen LogP contribution < -0.4 is 14.4 Å². The van der Waals surface area contributed by atoms with Crippen molar-refractivity contribution in [3.63, 3.8) is 0 Å². The second-order valence-corrected chi connectivity index (χ2v) is 6.57. The van der Waals surface area contributed by atoms with Crippen molar-refractivity contribution in [2.45, 2.75) is 13.8 Å². The number of carbonyl (C=O) groups excluding carboxylic acids is 1. The number of ether oxygens (including phenoxy) is 3. The number of aromatic nitrogens is 3. The third-order valence-electron chi connectivity index (χ3n) is 3.84. The molecular weight excluding hydrogens is 404 g/mol. The lowest BCUT2D eigenvalue weighted by Gasteiger charge is -2.26. The van der Waals surface area contributed by atoms with Gasteiger partial charge in [-0.05, 0) is 41.9 Å². The van der Waals surface area contributed by atoms with Crippen molar-refractivity contribution in [2.24, 2.45) is 0 Å². The average molecular weight is 423 g/mol. The minimum Gasteiger partial charge on any atom is -0.493 e. The highest BCUT2D eigenvalue weighted by atomic mass is 79.9. The maximum absolute atomic E-state index is 11.6. The van der Waals surface area contributed by atoms with Crippen LogP contribution in [0.2, 0.25) is 0 Å². The number of carbonyl (C=O) groups is 1. The Morgan fingerprint density at radius 1 is 1.23 bits per heavy atom. The van der Waals surface area contributed by atoms with Crippen LogP contribution in [0.15, 0.2) is 16.6 Å². The third-order valence-corrected chi connectivity index (χ3v) is 4.43. The average Bonchev–Trinajstić information content (AvgIpc) is 2.63. The van der Waals surface area contributed by atoms with E-state index in [2.05, 4.69) is 30.9 Å². The van der Waals surface area contributed by atoms with Crippen molar-refractivity contribution in [3.8, 4) is 17.5 Å². The zero-order valence-corrected chi connectivity index (χ0v) is 16.4. The van der Waals surface area contributed by atoms with Crippen molar-refractivity contribution in [2.75, 3.05) is 38.3 Å². The molecule has 0 saturated carbocycles. The van der Waals surface area contributed by atoms with Gasteiger partial charge >= 0.3 is 6.01 Å². The Balaban J connectivity index is 1.93. The molecule has 1 aromatic carbocycles. The largest absolute Gasteiger partial charge is 0.493 e. The number of benzene rings is 1. The number of methoxy groups -OCH3 is 1. The molecule has 3 rings (SSSR count). The molecule has 26 heavy (non-hydrogen) atoms. The Morgan fingerprint density at radius 3 is 2.62 bits per heavy atom. The van der Waals surface area contributed by atoms with Crippen LogP contribution in [0.3, 0.4) is 0 Å². The van der Waals surface area contributed by atoms with E-state index in [0.29, 0.717) is 59.6 Å². The van der Waals surface area contributed by atoms with Crippen molar-refractivity contribution >= 4 is 27.7 Å². The lowest BCUT2D eigenvalue weighted by Crippen LogP contribution is -2.37. The van der Waals surface area contributed by atoms with E-state index in [4.69, 9.17) is 14.2 Å². The summed E-state index contributed by atoms with van der Waals surface area (Å²) in [6.07, 6.45) is 0. The fraction of sp³-hybridized carbons (Fsp3) is 0.412. The highest BCUT2D eigenvalue weighted by Gasteiger charge is 2.19. The van der Waals surface area contributed by atoms with Gasteiger partial charge in [-0.15, -0.1) is 0 Å². The molecule has 0 radical (unpaired) electrons. The van der Waals surface area contributed by atoms with Gasteiger partial charge in [0.05, 0.1) is 24.8 Å². The summed E-state index contributed by atoms with van der Waals surface area (Å²) in [5, 5.41) is 0. The number of ketones is 1. The van der Waals surface area contributed by atoms with Gasteiger partial charge in [-0.25, -0.2) is 0 Å². The first-order valence-electron chi connectivity index (χ1n) is 8.09. The van der Waals surface area contributed by atoms with E-state index in [1.165, 1.54) is 14.0 Å². The maximum atomic E-state index is 11.6. The second-order valence-electron chi connectivity index (χ2n) is 5.71. The van der Waals surface area contributed by atoms with Crippen LogP contribution >= 0.6 is 15.9 Å². The van der Waals surface area contributed by atoms with E-state index in [1.54, 1.807) is 19.1 Å². The van der Waals surface area contributed by atoms with Crippen LogP contribution in [-0.2, 0) is 4.74 Å². The van der Waals surface area contributed by atoms with Gasteiger partial charge in [-0.3, -0.25) is 4.79 Å². The first-order chi connectivity index (χ1) is 12.5. The third kappa shape index (κ3) is 4.10. The van der Waals surface area contributed by atoms with Gasteiger partial charge < -0.3 is 19.1 Å². The van der Waals surface area contributed by atoms with Crippen LogP contribution in [0.5, 0.6) is 17.5 Å². The van der Waals surface area contributed by atoms with Gasteiger partial charge in [0, 0.05) is 18.7 Å². The summed E-state index contributed by atoms with van der Waals surface area (Å²) in [5.41, 5.74) is 0.516. The lowest BCUT2D eigenvalue weighted by atomic mass is 10.1. The summed E-state index contributed by atoms with van der Waals surface area (Å²) in [4.78, 5) is 26.7. The smallest absolute Gasteiger partial charge is 0.327 e. The summed E-state index contributed by atoms with van der Waals surface area (Å²) in [7, 11) is 1.51. The normalized spacial score (nSPS) is 14.2. The van der Waals surface area contributed by atoms with E-state index >= 15 is 0 Å². The second kappa shape index (κ2) is 7.96. The maximum Gasteiger partial charge on any atom is 0.327 e.